The van der Waals surface area contributed by atoms with Crippen LogP contribution < -0.4 is 5.73 Å². The number of aliphatic hydroxyl groups excluding tert-OH is 1. The van der Waals surface area contributed by atoms with E-state index < -0.39 is 14.4 Å². The summed E-state index contributed by atoms with van der Waals surface area (Å²) in [5, 5.41) is 14.8. The lowest BCUT2D eigenvalue weighted by molar-refractivity contribution is -0.0209. The van der Waals surface area contributed by atoms with E-state index in [1.165, 1.54) is 6.33 Å². The van der Waals surface area contributed by atoms with Gasteiger partial charge in [-0.3, -0.25) is 0 Å². The van der Waals surface area contributed by atoms with E-state index in [1.807, 2.05) is 12.1 Å². The third kappa shape index (κ3) is 3.44. The minimum atomic E-state index is -1.87. The number of hydrogen-bond donors (Lipinski definition) is 2. The van der Waals surface area contributed by atoms with Gasteiger partial charge < -0.3 is 20.0 Å². The third-order valence-electron chi connectivity index (χ3n) is 5.48. The van der Waals surface area contributed by atoms with Gasteiger partial charge in [0.05, 0.1) is 18.4 Å². The number of rotatable bonds is 4. The fourth-order valence-corrected chi connectivity index (χ4v) is 3.81. The van der Waals surface area contributed by atoms with Crippen LogP contribution in [0.1, 0.15) is 39.0 Å². The number of ether oxygens (including phenoxy) is 1. The predicted molar refractivity (Wildman–Crippen MR) is 98.8 cm³/mol. The van der Waals surface area contributed by atoms with E-state index in [0.717, 1.165) is 11.2 Å². The highest BCUT2D eigenvalue weighted by molar-refractivity contribution is 6.74. The van der Waals surface area contributed by atoms with Crippen LogP contribution in [0.3, 0.4) is 0 Å². The molecule has 8 heteroatoms. The fourth-order valence-electron chi connectivity index (χ4n) is 2.79. The summed E-state index contributed by atoms with van der Waals surface area (Å²) in [4.78, 5) is 4.00. The second kappa shape index (κ2) is 6.35. The van der Waals surface area contributed by atoms with Crippen molar-refractivity contribution in [2.45, 2.75) is 63.6 Å². The van der Waals surface area contributed by atoms with Gasteiger partial charge in [0.2, 0.25) is 0 Å². The van der Waals surface area contributed by atoms with Crippen molar-refractivity contribution in [1.82, 2.24) is 14.6 Å². The van der Waals surface area contributed by atoms with Crippen molar-refractivity contribution in [1.29, 1.82) is 0 Å². The zero-order valence-electron chi connectivity index (χ0n) is 15.6. The molecule has 0 aliphatic carbocycles. The first-order valence-corrected chi connectivity index (χ1v) is 11.6. The molecule has 3 N–H and O–H groups in total. The molecule has 1 unspecified atom stereocenters. The number of aliphatic hydroxyl groups is 1. The normalized spacial score (nSPS) is 25.0. The van der Waals surface area contributed by atoms with Crippen LogP contribution in [0.4, 0.5) is 5.82 Å². The van der Waals surface area contributed by atoms with E-state index in [2.05, 4.69) is 43.9 Å². The van der Waals surface area contributed by atoms with Gasteiger partial charge in [-0.2, -0.15) is 5.10 Å². The molecular formula is C17H28N4O3Si. The molecule has 2 aromatic rings. The Hall–Kier alpha value is -1.48. The molecule has 1 aliphatic rings. The van der Waals surface area contributed by atoms with Gasteiger partial charge in [0.15, 0.2) is 14.1 Å². The Morgan fingerprint density at radius 2 is 2.12 bits per heavy atom. The highest BCUT2D eigenvalue weighted by atomic mass is 28.4. The molecule has 0 bridgehead atoms. The van der Waals surface area contributed by atoms with Gasteiger partial charge in [0.25, 0.3) is 0 Å². The first kappa shape index (κ1) is 18.3. The highest BCUT2D eigenvalue weighted by Gasteiger charge is 2.41. The van der Waals surface area contributed by atoms with Crippen molar-refractivity contribution >= 4 is 19.7 Å². The van der Waals surface area contributed by atoms with Gasteiger partial charge in [0.1, 0.15) is 24.1 Å². The SMILES string of the molecule is CC(C)(C)[Si](C)(C)OCC1O[C@@H](c2ccc3c(N)ncnn23)C[C@@H]1O. The number of nitrogens with zero attached hydrogens (tertiary/aromatic N) is 3. The maximum absolute atomic E-state index is 10.4. The molecule has 2 aromatic heterocycles. The molecule has 1 aliphatic heterocycles. The summed E-state index contributed by atoms with van der Waals surface area (Å²) in [6.07, 6.45) is 0.819. The minimum Gasteiger partial charge on any atom is -0.414 e. The third-order valence-corrected chi connectivity index (χ3v) is 9.98. The van der Waals surface area contributed by atoms with E-state index in [-0.39, 0.29) is 17.2 Å². The number of fused-ring (bicyclic) bond motifs is 1. The average Bonchev–Trinajstić information content (AvgIpc) is 3.08. The Kier molecular flexibility index (Phi) is 4.65. The monoisotopic (exact) mass is 364 g/mol. The number of anilines is 1. The zero-order chi connectivity index (χ0) is 18.4. The molecule has 0 amide bonds. The molecular weight excluding hydrogens is 336 g/mol. The lowest BCUT2D eigenvalue weighted by Crippen LogP contribution is -2.43. The molecule has 1 fully saturated rings. The smallest absolute Gasteiger partial charge is 0.192 e. The van der Waals surface area contributed by atoms with Crippen LogP contribution in [0, 0.1) is 0 Å². The van der Waals surface area contributed by atoms with Crippen LogP contribution in [-0.2, 0) is 9.16 Å². The maximum Gasteiger partial charge on any atom is 0.192 e. The number of nitrogen functional groups attached to an aromatic ring is 1. The van der Waals surface area contributed by atoms with E-state index in [0.29, 0.717) is 18.8 Å². The number of hydrogen-bond acceptors (Lipinski definition) is 6. The second-order valence-corrected chi connectivity index (χ2v) is 13.0. The van der Waals surface area contributed by atoms with Crippen LogP contribution in [0.2, 0.25) is 18.1 Å². The molecule has 3 heterocycles. The van der Waals surface area contributed by atoms with E-state index in [9.17, 15) is 5.11 Å². The van der Waals surface area contributed by atoms with Gasteiger partial charge in [-0.05, 0) is 30.3 Å². The van der Waals surface area contributed by atoms with Crippen molar-refractivity contribution in [2.24, 2.45) is 0 Å². The molecule has 7 nitrogen and oxygen atoms in total. The standard InChI is InChI=1S/C17H28N4O3Si/c1-17(2,3)25(4,5)23-9-15-13(22)8-14(24-15)11-6-7-12-16(18)19-10-20-21(11)12/h6-7,10,13-15,22H,8-9H2,1-5H3,(H2,18,19,20)/t13-,14+,15?/m0/s1. The lowest BCUT2D eigenvalue weighted by Gasteiger charge is -2.37. The second-order valence-electron chi connectivity index (χ2n) is 8.24. The molecule has 0 saturated carbocycles. The predicted octanol–water partition coefficient (Wildman–Crippen LogP) is 2.52. The summed E-state index contributed by atoms with van der Waals surface area (Å²) in [5.41, 5.74) is 7.50. The summed E-state index contributed by atoms with van der Waals surface area (Å²) in [5.74, 6) is 0.428. The van der Waals surface area contributed by atoms with E-state index in [4.69, 9.17) is 14.9 Å². The first-order chi connectivity index (χ1) is 11.6. The van der Waals surface area contributed by atoms with Crippen molar-refractivity contribution in [3.63, 3.8) is 0 Å². The van der Waals surface area contributed by atoms with Crippen molar-refractivity contribution in [3.05, 3.63) is 24.2 Å². The lowest BCUT2D eigenvalue weighted by atomic mass is 10.1. The Bertz CT molecular complexity index is 756. The molecule has 25 heavy (non-hydrogen) atoms. The van der Waals surface area contributed by atoms with Gasteiger partial charge in [-0.25, -0.2) is 9.50 Å². The summed E-state index contributed by atoms with van der Waals surface area (Å²) >= 11 is 0. The van der Waals surface area contributed by atoms with Crippen LogP contribution in [0.5, 0.6) is 0 Å². The van der Waals surface area contributed by atoms with E-state index in [1.54, 1.807) is 4.52 Å². The fraction of sp³-hybridized carbons (Fsp3) is 0.647. The van der Waals surface area contributed by atoms with Crippen LogP contribution in [0.25, 0.3) is 5.52 Å². The molecule has 138 valence electrons. The van der Waals surface area contributed by atoms with E-state index >= 15 is 0 Å². The molecule has 3 rings (SSSR count). The number of aromatic nitrogens is 3. The Morgan fingerprint density at radius 3 is 2.80 bits per heavy atom. The van der Waals surface area contributed by atoms with Crippen LogP contribution in [0.15, 0.2) is 18.5 Å². The molecule has 0 aromatic carbocycles. The van der Waals surface area contributed by atoms with Crippen molar-refractivity contribution in [2.75, 3.05) is 12.3 Å². The van der Waals surface area contributed by atoms with Gasteiger partial charge in [-0.1, -0.05) is 20.8 Å². The Labute approximate surface area is 149 Å². The highest BCUT2D eigenvalue weighted by Crippen LogP contribution is 2.38. The summed E-state index contributed by atoms with van der Waals surface area (Å²) in [7, 11) is -1.87. The van der Waals surface area contributed by atoms with Crippen molar-refractivity contribution in [3.8, 4) is 0 Å². The van der Waals surface area contributed by atoms with Crippen molar-refractivity contribution < 1.29 is 14.3 Å². The molecule has 3 atom stereocenters. The number of nitrogens with two attached hydrogens (primary N) is 1. The molecule has 0 radical (unpaired) electrons. The molecule has 0 spiro atoms. The Morgan fingerprint density at radius 1 is 1.40 bits per heavy atom. The summed E-state index contributed by atoms with van der Waals surface area (Å²) in [6, 6.07) is 3.80. The topological polar surface area (TPSA) is 94.9 Å². The summed E-state index contributed by atoms with van der Waals surface area (Å²) in [6.45, 7) is 11.4. The van der Waals surface area contributed by atoms with Gasteiger partial charge in [-0.15, -0.1) is 0 Å². The first-order valence-electron chi connectivity index (χ1n) is 8.66. The zero-order valence-corrected chi connectivity index (χ0v) is 16.6. The van der Waals surface area contributed by atoms with Crippen LogP contribution >= 0.6 is 0 Å². The Balaban J connectivity index is 1.72. The largest absolute Gasteiger partial charge is 0.414 e. The minimum absolute atomic E-state index is 0.127. The van der Waals surface area contributed by atoms with Gasteiger partial charge >= 0.3 is 0 Å². The summed E-state index contributed by atoms with van der Waals surface area (Å²) < 4.78 is 14.1. The quantitative estimate of drug-likeness (QED) is 0.810. The maximum atomic E-state index is 10.4. The average molecular weight is 365 g/mol. The van der Waals surface area contributed by atoms with Gasteiger partial charge in [0, 0.05) is 6.42 Å². The molecule has 1 saturated heterocycles. The van der Waals surface area contributed by atoms with Crippen LogP contribution in [-0.4, -0.2) is 46.8 Å².